The molecule has 0 aliphatic rings. The molecule has 0 heterocycles. The molecule has 1 unspecified atom stereocenters. The van der Waals surface area contributed by atoms with Crippen LogP contribution in [0.4, 0.5) is 5.69 Å². The van der Waals surface area contributed by atoms with Gasteiger partial charge in [-0.3, -0.25) is 0 Å². The van der Waals surface area contributed by atoms with Crippen LogP contribution in [0.5, 0.6) is 5.75 Å². The van der Waals surface area contributed by atoms with Gasteiger partial charge in [-0.25, -0.2) is 0 Å². The second-order valence-electron chi connectivity index (χ2n) is 5.25. The third-order valence-corrected chi connectivity index (χ3v) is 2.79. The summed E-state index contributed by atoms with van der Waals surface area (Å²) in [7, 11) is 0. The first-order valence-corrected chi connectivity index (χ1v) is 6.23. The van der Waals surface area contributed by atoms with Crippen molar-refractivity contribution in [1.29, 1.82) is 0 Å². The standard InChI is InChI=1S/C14H23NO3/c1-5-15(9-14(3,4)18)11-6-7-12(10(2)16)13(17)8-11/h6-8,10,16-18H,5,9H2,1-4H3. The Morgan fingerprint density at radius 3 is 2.33 bits per heavy atom. The van der Waals surface area contributed by atoms with Crippen molar-refractivity contribution in [2.24, 2.45) is 0 Å². The van der Waals surface area contributed by atoms with Crippen LogP contribution in [0.15, 0.2) is 18.2 Å². The highest BCUT2D eigenvalue weighted by atomic mass is 16.3. The maximum Gasteiger partial charge on any atom is 0.123 e. The molecule has 0 spiro atoms. The molecule has 0 saturated carbocycles. The number of phenolic OH excluding ortho intramolecular Hbond substituents is 1. The van der Waals surface area contributed by atoms with E-state index in [2.05, 4.69) is 0 Å². The fraction of sp³-hybridized carbons (Fsp3) is 0.571. The second kappa shape index (κ2) is 5.59. The Hall–Kier alpha value is -1.26. The monoisotopic (exact) mass is 253 g/mol. The maximum absolute atomic E-state index is 9.86. The van der Waals surface area contributed by atoms with E-state index in [1.165, 1.54) is 0 Å². The van der Waals surface area contributed by atoms with E-state index in [0.717, 1.165) is 12.2 Å². The topological polar surface area (TPSA) is 63.9 Å². The average Bonchev–Trinajstić information content (AvgIpc) is 2.24. The van der Waals surface area contributed by atoms with E-state index in [4.69, 9.17) is 0 Å². The van der Waals surface area contributed by atoms with Crippen LogP contribution in [0, 0.1) is 0 Å². The van der Waals surface area contributed by atoms with Crippen LogP contribution in [0.2, 0.25) is 0 Å². The molecule has 0 bridgehead atoms. The molecule has 1 aromatic rings. The van der Waals surface area contributed by atoms with E-state index < -0.39 is 11.7 Å². The Labute approximate surface area is 108 Å². The molecule has 0 aliphatic heterocycles. The summed E-state index contributed by atoms with van der Waals surface area (Å²) in [4.78, 5) is 1.98. The summed E-state index contributed by atoms with van der Waals surface area (Å²) in [6, 6.07) is 5.18. The Bertz CT molecular complexity index is 397. The maximum atomic E-state index is 9.86. The Kier molecular flexibility index (Phi) is 4.59. The number of rotatable bonds is 5. The lowest BCUT2D eigenvalue weighted by Crippen LogP contribution is -2.38. The molecule has 0 radical (unpaired) electrons. The predicted molar refractivity (Wildman–Crippen MR) is 72.9 cm³/mol. The zero-order valence-electron chi connectivity index (χ0n) is 11.5. The third-order valence-electron chi connectivity index (χ3n) is 2.79. The van der Waals surface area contributed by atoms with Gasteiger partial charge in [0.1, 0.15) is 5.75 Å². The molecular weight excluding hydrogens is 230 g/mol. The molecule has 3 N–H and O–H groups in total. The number of benzene rings is 1. The summed E-state index contributed by atoms with van der Waals surface area (Å²) in [5.74, 6) is 0.0803. The van der Waals surface area contributed by atoms with Crippen LogP contribution in [0.1, 0.15) is 39.4 Å². The lowest BCUT2D eigenvalue weighted by Gasteiger charge is -2.30. The second-order valence-corrected chi connectivity index (χ2v) is 5.25. The minimum Gasteiger partial charge on any atom is -0.507 e. The summed E-state index contributed by atoms with van der Waals surface area (Å²) in [6.45, 7) is 8.32. The fourth-order valence-corrected chi connectivity index (χ4v) is 1.93. The van der Waals surface area contributed by atoms with Gasteiger partial charge in [-0.2, -0.15) is 0 Å². The third kappa shape index (κ3) is 3.89. The van der Waals surface area contributed by atoms with E-state index in [1.807, 2.05) is 17.9 Å². The molecule has 1 atom stereocenters. The number of hydrogen-bond acceptors (Lipinski definition) is 4. The van der Waals surface area contributed by atoms with E-state index in [-0.39, 0.29) is 5.75 Å². The fourth-order valence-electron chi connectivity index (χ4n) is 1.93. The highest BCUT2D eigenvalue weighted by Crippen LogP contribution is 2.29. The summed E-state index contributed by atoms with van der Waals surface area (Å²) in [5.41, 5.74) is 0.550. The predicted octanol–water partition coefficient (Wildman–Crippen LogP) is 2.04. The van der Waals surface area contributed by atoms with Crippen molar-refractivity contribution in [2.75, 3.05) is 18.0 Å². The Morgan fingerprint density at radius 2 is 1.94 bits per heavy atom. The van der Waals surface area contributed by atoms with Crippen LogP contribution in [0.25, 0.3) is 0 Å². The van der Waals surface area contributed by atoms with Crippen LogP contribution in [-0.4, -0.2) is 34.0 Å². The highest BCUT2D eigenvalue weighted by Gasteiger charge is 2.18. The van der Waals surface area contributed by atoms with Gasteiger partial charge in [-0.05, 0) is 33.8 Å². The van der Waals surface area contributed by atoms with E-state index >= 15 is 0 Å². The average molecular weight is 253 g/mol. The molecule has 0 saturated heterocycles. The van der Waals surface area contributed by atoms with Crippen LogP contribution < -0.4 is 4.90 Å². The van der Waals surface area contributed by atoms with Crippen molar-refractivity contribution in [3.8, 4) is 5.75 Å². The minimum atomic E-state index is -0.797. The number of likely N-dealkylation sites (N-methyl/N-ethyl adjacent to an activating group) is 1. The quantitative estimate of drug-likeness (QED) is 0.751. The van der Waals surface area contributed by atoms with Crippen molar-refractivity contribution in [3.05, 3.63) is 23.8 Å². The van der Waals surface area contributed by atoms with Gasteiger partial charge in [-0.15, -0.1) is 0 Å². The largest absolute Gasteiger partial charge is 0.507 e. The molecule has 1 aromatic carbocycles. The highest BCUT2D eigenvalue weighted by molar-refractivity contribution is 5.54. The molecule has 0 fully saturated rings. The number of aromatic hydroxyl groups is 1. The van der Waals surface area contributed by atoms with E-state index in [1.54, 1.807) is 32.9 Å². The van der Waals surface area contributed by atoms with Gasteiger partial charge in [0.2, 0.25) is 0 Å². The summed E-state index contributed by atoms with van der Waals surface area (Å²) >= 11 is 0. The van der Waals surface area contributed by atoms with Gasteiger partial charge in [-0.1, -0.05) is 6.07 Å². The first-order chi connectivity index (χ1) is 8.24. The number of nitrogens with zero attached hydrogens (tertiary/aromatic N) is 1. The lowest BCUT2D eigenvalue weighted by molar-refractivity contribution is 0.0875. The van der Waals surface area contributed by atoms with Crippen LogP contribution >= 0.6 is 0 Å². The van der Waals surface area contributed by atoms with Gasteiger partial charge in [0.25, 0.3) is 0 Å². The summed E-state index contributed by atoms with van der Waals surface area (Å²) < 4.78 is 0. The van der Waals surface area contributed by atoms with E-state index in [0.29, 0.717) is 12.1 Å². The normalized spacial score (nSPS) is 13.4. The molecule has 0 aromatic heterocycles. The number of hydrogen-bond donors (Lipinski definition) is 3. The summed E-state index contributed by atoms with van der Waals surface area (Å²) in [5, 5.41) is 29.2. The van der Waals surface area contributed by atoms with Crippen LogP contribution in [-0.2, 0) is 0 Å². The lowest BCUT2D eigenvalue weighted by atomic mass is 10.1. The van der Waals surface area contributed by atoms with Crippen molar-refractivity contribution in [1.82, 2.24) is 0 Å². The SMILES string of the molecule is CCN(CC(C)(C)O)c1ccc(C(C)O)c(O)c1. The van der Waals surface area contributed by atoms with Crippen molar-refractivity contribution < 1.29 is 15.3 Å². The van der Waals surface area contributed by atoms with Gasteiger partial charge < -0.3 is 20.2 Å². The summed E-state index contributed by atoms with van der Waals surface area (Å²) in [6.07, 6.45) is -0.691. The first kappa shape index (κ1) is 14.8. The van der Waals surface area contributed by atoms with Gasteiger partial charge in [0.05, 0.1) is 11.7 Å². The number of aliphatic hydroxyl groups excluding tert-OH is 1. The zero-order chi connectivity index (χ0) is 13.9. The number of phenols is 1. The molecular formula is C14H23NO3. The Balaban J connectivity index is 2.98. The van der Waals surface area contributed by atoms with Gasteiger partial charge in [0.15, 0.2) is 0 Å². The van der Waals surface area contributed by atoms with E-state index in [9.17, 15) is 15.3 Å². The molecule has 102 valence electrons. The zero-order valence-corrected chi connectivity index (χ0v) is 11.5. The van der Waals surface area contributed by atoms with Gasteiger partial charge >= 0.3 is 0 Å². The van der Waals surface area contributed by atoms with Crippen molar-refractivity contribution in [3.63, 3.8) is 0 Å². The molecule has 18 heavy (non-hydrogen) atoms. The molecule has 0 aliphatic carbocycles. The number of aliphatic hydroxyl groups is 2. The Morgan fingerprint density at radius 1 is 1.33 bits per heavy atom. The smallest absolute Gasteiger partial charge is 0.123 e. The number of anilines is 1. The van der Waals surface area contributed by atoms with Crippen LogP contribution in [0.3, 0.4) is 0 Å². The molecule has 0 amide bonds. The van der Waals surface area contributed by atoms with Crippen molar-refractivity contribution in [2.45, 2.75) is 39.4 Å². The molecule has 1 rings (SSSR count). The molecule has 4 heteroatoms. The van der Waals surface area contributed by atoms with Gasteiger partial charge in [0, 0.05) is 30.4 Å². The van der Waals surface area contributed by atoms with Crippen molar-refractivity contribution >= 4 is 5.69 Å². The molecule has 4 nitrogen and oxygen atoms in total. The minimum absolute atomic E-state index is 0.0803. The first-order valence-electron chi connectivity index (χ1n) is 6.23.